The largest absolute Gasteiger partial charge is 0.490 e. The molecule has 0 saturated heterocycles. The third kappa shape index (κ3) is 5.85. The summed E-state index contributed by atoms with van der Waals surface area (Å²) in [4.78, 5) is 12.3. The molecule has 4 nitrogen and oxygen atoms in total. The van der Waals surface area contributed by atoms with Gasteiger partial charge in [-0.2, -0.15) is 0 Å². The smallest absolute Gasteiger partial charge is 0.257 e. The summed E-state index contributed by atoms with van der Waals surface area (Å²) >= 11 is 20.4. The van der Waals surface area contributed by atoms with Crippen molar-refractivity contribution in [3.05, 3.63) is 56.5 Å². The molecule has 0 heterocycles. The molecule has 1 amide bonds. The van der Waals surface area contributed by atoms with Gasteiger partial charge in [0, 0.05) is 11.3 Å². The molecule has 8 heteroatoms. The second-order valence-corrected chi connectivity index (χ2v) is 7.43. The number of amides is 1. The number of nitrogens with one attached hydrogen (secondary N) is 2. The molecule has 0 aliphatic heterocycles. The summed E-state index contributed by atoms with van der Waals surface area (Å²) in [7, 11) is 0. The second kappa shape index (κ2) is 8.85. The molecule has 2 aromatic rings. The normalized spacial score (nSPS) is 10.5. The fraction of sp³-hybridized carbons (Fsp3) is 0.176. The predicted molar refractivity (Wildman–Crippen MR) is 110 cm³/mol. The van der Waals surface area contributed by atoms with Crippen LogP contribution in [-0.4, -0.2) is 17.1 Å². The maximum absolute atomic E-state index is 12.3. The van der Waals surface area contributed by atoms with E-state index in [0.29, 0.717) is 31.5 Å². The minimum atomic E-state index is -0.339. The second-order valence-electron chi connectivity index (χ2n) is 5.35. The first-order valence-electron chi connectivity index (χ1n) is 7.30. The number of rotatable bonds is 4. The van der Waals surface area contributed by atoms with Crippen LogP contribution >= 0.6 is 51.3 Å². The van der Waals surface area contributed by atoms with Crippen molar-refractivity contribution in [3.8, 4) is 5.75 Å². The summed E-state index contributed by atoms with van der Waals surface area (Å²) in [5.74, 6) is 0.331. The van der Waals surface area contributed by atoms with Crippen molar-refractivity contribution in [3.63, 3.8) is 0 Å². The first kappa shape index (κ1) is 20.0. The van der Waals surface area contributed by atoms with Crippen molar-refractivity contribution in [2.24, 2.45) is 0 Å². The van der Waals surface area contributed by atoms with Crippen LogP contribution in [-0.2, 0) is 0 Å². The predicted octanol–water partition coefficient (Wildman–Crippen LogP) is 5.67. The van der Waals surface area contributed by atoms with Gasteiger partial charge in [-0.1, -0.05) is 23.2 Å². The van der Waals surface area contributed by atoms with Gasteiger partial charge in [0.25, 0.3) is 5.91 Å². The van der Waals surface area contributed by atoms with Gasteiger partial charge in [0.15, 0.2) is 5.11 Å². The zero-order valence-corrected chi connectivity index (χ0v) is 17.3. The van der Waals surface area contributed by atoms with Gasteiger partial charge in [0.1, 0.15) is 5.75 Å². The van der Waals surface area contributed by atoms with Gasteiger partial charge in [-0.3, -0.25) is 10.1 Å². The number of ether oxygens (including phenoxy) is 1. The Kier molecular flexibility index (Phi) is 7.07. The van der Waals surface area contributed by atoms with Crippen molar-refractivity contribution in [2.45, 2.75) is 20.0 Å². The number of thiocarbonyl (C=S) groups is 1. The van der Waals surface area contributed by atoms with Crippen LogP contribution in [0.1, 0.15) is 24.2 Å². The Morgan fingerprint density at radius 2 is 1.88 bits per heavy atom. The molecule has 2 N–H and O–H groups in total. The Hall–Kier alpha value is -1.34. The van der Waals surface area contributed by atoms with Crippen LogP contribution < -0.4 is 15.4 Å². The molecular weight excluding hydrogens is 447 g/mol. The maximum Gasteiger partial charge on any atom is 0.257 e. The molecule has 0 saturated carbocycles. The zero-order valence-electron chi connectivity index (χ0n) is 13.4. The van der Waals surface area contributed by atoms with Crippen LogP contribution in [0.4, 0.5) is 5.69 Å². The van der Waals surface area contributed by atoms with Crippen LogP contribution in [0.25, 0.3) is 0 Å². The molecule has 0 atom stereocenters. The molecule has 0 bridgehead atoms. The topological polar surface area (TPSA) is 50.4 Å². The van der Waals surface area contributed by atoms with E-state index in [-0.39, 0.29) is 17.1 Å². The third-order valence-corrected chi connectivity index (χ3v) is 4.52. The van der Waals surface area contributed by atoms with E-state index in [4.69, 9.17) is 40.2 Å². The van der Waals surface area contributed by atoms with E-state index >= 15 is 0 Å². The average molecular weight is 462 g/mol. The van der Waals surface area contributed by atoms with E-state index in [9.17, 15) is 4.79 Å². The van der Waals surface area contributed by atoms with Crippen molar-refractivity contribution in [1.29, 1.82) is 0 Å². The van der Waals surface area contributed by atoms with Crippen molar-refractivity contribution < 1.29 is 9.53 Å². The average Bonchev–Trinajstić information content (AvgIpc) is 2.52. The van der Waals surface area contributed by atoms with Gasteiger partial charge in [-0.15, -0.1) is 0 Å². The molecule has 0 radical (unpaired) electrons. The fourth-order valence-corrected chi connectivity index (χ4v) is 2.88. The number of carbonyl (C=O) groups excluding carboxylic acids is 1. The highest BCUT2D eigenvalue weighted by Crippen LogP contribution is 2.27. The molecule has 2 rings (SSSR count). The van der Waals surface area contributed by atoms with Crippen LogP contribution in [0.2, 0.25) is 10.0 Å². The lowest BCUT2D eigenvalue weighted by Crippen LogP contribution is -2.34. The molecule has 2 aromatic carbocycles. The lowest BCUT2D eigenvalue weighted by molar-refractivity contribution is 0.0977. The number of benzene rings is 2. The highest BCUT2D eigenvalue weighted by Gasteiger charge is 2.12. The third-order valence-electron chi connectivity index (χ3n) is 2.96. The lowest BCUT2D eigenvalue weighted by atomic mass is 10.2. The van der Waals surface area contributed by atoms with Gasteiger partial charge in [-0.25, -0.2) is 0 Å². The molecular formula is C17H15BrCl2N2O2S. The zero-order chi connectivity index (χ0) is 18.6. The summed E-state index contributed by atoms with van der Waals surface area (Å²) < 4.78 is 6.31. The quantitative estimate of drug-likeness (QED) is 0.576. The lowest BCUT2D eigenvalue weighted by Gasteiger charge is -2.13. The minimum Gasteiger partial charge on any atom is -0.490 e. The van der Waals surface area contributed by atoms with E-state index in [1.54, 1.807) is 36.4 Å². The van der Waals surface area contributed by atoms with Crippen LogP contribution in [0.5, 0.6) is 5.75 Å². The standard InChI is InChI=1S/C17H15BrCl2N2O2S/c1-9(2)24-15-6-3-10(7-12(15)18)16(23)22-17(25)21-11-4-5-13(19)14(20)8-11/h3-9H,1-2H3,(H2,21,22,23,25). The highest BCUT2D eigenvalue weighted by molar-refractivity contribution is 9.10. The van der Waals surface area contributed by atoms with Gasteiger partial charge < -0.3 is 10.1 Å². The Bertz CT molecular complexity index is 815. The summed E-state index contributed by atoms with van der Waals surface area (Å²) in [5, 5.41) is 6.48. The maximum atomic E-state index is 12.3. The van der Waals surface area contributed by atoms with Gasteiger partial charge in [0.2, 0.25) is 0 Å². The van der Waals surface area contributed by atoms with Crippen molar-refractivity contribution in [1.82, 2.24) is 5.32 Å². The van der Waals surface area contributed by atoms with Gasteiger partial charge in [0.05, 0.1) is 20.6 Å². The Labute approximate surface area is 170 Å². The summed E-state index contributed by atoms with van der Waals surface area (Å²) in [6, 6.07) is 10.0. The van der Waals surface area contributed by atoms with Gasteiger partial charge in [-0.05, 0) is 78.4 Å². The summed E-state index contributed by atoms with van der Waals surface area (Å²) in [6.07, 6.45) is 0.0407. The number of halogens is 3. The van der Waals surface area contributed by atoms with Crippen LogP contribution in [0, 0.1) is 0 Å². The molecule has 132 valence electrons. The van der Waals surface area contributed by atoms with E-state index in [0.717, 1.165) is 0 Å². The molecule has 0 fully saturated rings. The molecule has 25 heavy (non-hydrogen) atoms. The van der Waals surface area contributed by atoms with Gasteiger partial charge >= 0.3 is 0 Å². The Morgan fingerprint density at radius 3 is 2.48 bits per heavy atom. The summed E-state index contributed by atoms with van der Waals surface area (Å²) in [5.41, 5.74) is 1.07. The number of hydrogen-bond donors (Lipinski definition) is 2. The molecule has 0 aromatic heterocycles. The minimum absolute atomic E-state index is 0.0407. The van der Waals surface area contributed by atoms with Crippen molar-refractivity contribution >= 4 is 68.1 Å². The van der Waals surface area contributed by atoms with E-state index in [2.05, 4.69) is 26.6 Å². The number of carbonyl (C=O) groups is 1. The SMILES string of the molecule is CC(C)Oc1ccc(C(=O)NC(=S)Nc2ccc(Cl)c(Cl)c2)cc1Br. The van der Waals surface area contributed by atoms with Crippen LogP contribution in [0.3, 0.4) is 0 Å². The number of hydrogen-bond acceptors (Lipinski definition) is 3. The van der Waals surface area contributed by atoms with E-state index in [1.165, 1.54) is 0 Å². The molecule has 0 spiro atoms. The van der Waals surface area contributed by atoms with E-state index < -0.39 is 0 Å². The first-order valence-corrected chi connectivity index (χ1v) is 9.25. The molecule has 0 aliphatic carbocycles. The Morgan fingerprint density at radius 1 is 1.16 bits per heavy atom. The van der Waals surface area contributed by atoms with Crippen molar-refractivity contribution in [2.75, 3.05) is 5.32 Å². The fourth-order valence-electron chi connectivity index (χ4n) is 1.90. The first-order chi connectivity index (χ1) is 11.8. The highest BCUT2D eigenvalue weighted by atomic mass is 79.9. The summed E-state index contributed by atoms with van der Waals surface area (Å²) in [6.45, 7) is 3.86. The van der Waals surface area contributed by atoms with E-state index in [1.807, 2.05) is 13.8 Å². The molecule has 0 unspecified atom stereocenters. The monoisotopic (exact) mass is 460 g/mol. The molecule has 0 aliphatic rings. The van der Waals surface area contributed by atoms with Crippen LogP contribution in [0.15, 0.2) is 40.9 Å². The Balaban J connectivity index is 2.02. The number of anilines is 1.